The quantitative estimate of drug-likeness (QED) is 0.881. The lowest BCUT2D eigenvalue weighted by Crippen LogP contribution is -2.23. The van der Waals surface area contributed by atoms with Crippen LogP contribution < -0.4 is 5.32 Å². The molecule has 0 aliphatic rings. The van der Waals surface area contributed by atoms with Crippen molar-refractivity contribution >= 4 is 34.8 Å². The Balaban J connectivity index is 2.31. The number of halogens is 3. The zero-order valence-electron chi connectivity index (χ0n) is 11.3. The van der Waals surface area contributed by atoms with E-state index >= 15 is 0 Å². The third kappa shape index (κ3) is 3.29. The summed E-state index contributed by atoms with van der Waals surface area (Å²) in [6.45, 7) is 2.81. The Hall–Kier alpha value is -0.740. The molecule has 0 spiro atoms. The maximum absolute atomic E-state index is 6.25. The lowest BCUT2D eigenvalue weighted by atomic mass is 10.0. The van der Waals surface area contributed by atoms with Crippen LogP contribution in [0, 0.1) is 0 Å². The number of aryl methyl sites for hydroxylation is 1. The fraction of sp³-hybridized carbons (Fsp3) is 0.357. The largest absolute Gasteiger partial charge is 0.311 e. The van der Waals surface area contributed by atoms with E-state index in [0.29, 0.717) is 15.1 Å². The number of rotatable bonds is 5. The molecular formula is C14H16Cl3N3. The standard InChI is InChI=1S/C14H16Cl3N3/c1-3-20-14(12(17)8-19-20)13(18-2)6-9-4-5-10(15)7-11(9)16/h4-5,7-8,13,18H,3,6H2,1-2H3. The normalized spacial score (nSPS) is 12.7. The van der Waals surface area contributed by atoms with Gasteiger partial charge in [-0.15, -0.1) is 0 Å². The van der Waals surface area contributed by atoms with Crippen LogP contribution in [0.15, 0.2) is 24.4 Å². The van der Waals surface area contributed by atoms with Crippen LogP contribution in [0.5, 0.6) is 0 Å². The minimum atomic E-state index is 0.0450. The smallest absolute Gasteiger partial charge is 0.0834 e. The topological polar surface area (TPSA) is 29.9 Å². The fourth-order valence-electron chi connectivity index (χ4n) is 2.21. The molecule has 1 unspecified atom stereocenters. The molecule has 3 nitrogen and oxygen atoms in total. The summed E-state index contributed by atoms with van der Waals surface area (Å²) in [5.41, 5.74) is 2.00. The average molecular weight is 333 g/mol. The molecule has 1 aromatic heterocycles. The van der Waals surface area contributed by atoms with Gasteiger partial charge < -0.3 is 5.32 Å². The molecule has 1 heterocycles. The Morgan fingerprint density at radius 3 is 2.60 bits per heavy atom. The third-order valence-electron chi connectivity index (χ3n) is 3.25. The number of likely N-dealkylation sites (N-methyl/N-ethyl adjacent to an activating group) is 1. The van der Waals surface area contributed by atoms with Crippen molar-refractivity contribution in [3.05, 3.63) is 50.7 Å². The maximum atomic E-state index is 6.25. The number of hydrogen-bond donors (Lipinski definition) is 1. The molecule has 0 saturated heterocycles. The van der Waals surface area contributed by atoms with Gasteiger partial charge in [0, 0.05) is 16.6 Å². The molecule has 2 rings (SSSR count). The lowest BCUT2D eigenvalue weighted by molar-refractivity contribution is 0.513. The van der Waals surface area contributed by atoms with E-state index in [1.165, 1.54) is 0 Å². The van der Waals surface area contributed by atoms with Crippen molar-refractivity contribution in [1.82, 2.24) is 15.1 Å². The van der Waals surface area contributed by atoms with Crippen LogP contribution in [0.25, 0.3) is 0 Å². The summed E-state index contributed by atoms with van der Waals surface area (Å²) in [4.78, 5) is 0. The molecule has 0 bridgehead atoms. The summed E-state index contributed by atoms with van der Waals surface area (Å²) in [5.74, 6) is 0. The molecule has 2 aromatic rings. The molecule has 0 radical (unpaired) electrons. The Morgan fingerprint density at radius 1 is 1.25 bits per heavy atom. The van der Waals surface area contributed by atoms with E-state index in [4.69, 9.17) is 34.8 Å². The van der Waals surface area contributed by atoms with Crippen LogP contribution >= 0.6 is 34.8 Å². The van der Waals surface area contributed by atoms with Crippen molar-refractivity contribution in [2.75, 3.05) is 7.05 Å². The van der Waals surface area contributed by atoms with Crippen LogP contribution in [0.2, 0.25) is 15.1 Å². The molecule has 1 atom stereocenters. The van der Waals surface area contributed by atoms with Gasteiger partial charge in [0.25, 0.3) is 0 Å². The number of nitrogens with zero attached hydrogens (tertiary/aromatic N) is 2. The van der Waals surface area contributed by atoms with Crippen molar-refractivity contribution in [3.63, 3.8) is 0 Å². The predicted molar refractivity (Wildman–Crippen MR) is 84.9 cm³/mol. The van der Waals surface area contributed by atoms with Gasteiger partial charge in [0.15, 0.2) is 0 Å². The second kappa shape index (κ2) is 6.81. The Kier molecular flexibility index (Phi) is 5.33. The van der Waals surface area contributed by atoms with Gasteiger partial charge in [-0.25, -0.2) is 0 Å². The molecule has 1 N–H and O–H groups in total. The van der Waals surface area contributed by atoms with Crippen LogP contribution in [-0.4, -0.2) is 16.8 Å². The summed E-state index contributed by atoms with van der Waals surface area (Å²) in [6, 6.07) is 5.58. The highest BCUT2D eigenvalue weighted by molar-refractivity contribution is 6.35. The van der Waals surface area contributed by atoms with Gasteiger partial charge in [-0.1, -0.05) is 40.9 Å². The molecule has 0 fully saturated rings. The van der Waals surface area contributed by atoms with Gasteiger partial charge in [0.05, 0.1) is 23.0 Å². The molecule has 20 heavy (non-hydrogen) atoms. The molecular weight excluding hydrogens is 317 g/mol. The van der Waals surface area contributed by atoms with Crippen molar-refractivity contribution < 1.29 is 0 Å². The number of aromatic nitrogens is 2. The summed E-state index contributed by atoms with van der Waals surface area (Å²) >= 11 is 18.4. The Bertz CT molecular complexity index is 595. The molecule has 108 valence electrons. The van der Waals surface area contributed by atoms with Crippen LogP contribution in [-0.2, 0) is 13.0 Å². The summed E-state index contributed by atoms with van der Waals surface area (Å²) < 4.78 is 1.90. The van der Waals surface area contributed by atoms with Gasteiger partial charge in [-0.2, -0.15) is 5.10 Å². The van der Waals surface area contributed by atoms with Crippen molar-refractivity contribution in [2.24, 2.45) is 0 Å². The Labute approximate surface area is 133 Å². The minimum absolute atomic E-state index is 0.0450. The number of benzene rings is 1. The van der Waals surface area contributed by atoms with Crippen molar-refractivity contribution in [1.29, 1.82) is 0 Å². The first kappa shape index (κ1) is 15.6. The maximum Gasteiger partial charge on any atom is 0.0834 e. The van der Waals surface area contributed by atoms with E-state index in [2.05, 4.69) is 10.4 Å². The summed E-state index contributed by atoms with van der Waals surface area (Å²) in [6.07, 6.45) is 2.39. The van der Waals surface area contributed by atoms with Crippen LogP contribution in [0.3, 0.4) is 0 Å². The van der Waals surface area contributed by atoms with Gasteiger partial charge in [0.1, 0.15) is 0 Å². The van der Waals surface area contributed by atoms with Gasteiger partial charge in [0.2, 0.25) is 0 Å². The van der Waals surface area contributed by atoms with Gasteiger partial charge in [-0.05, 0) is 38.1 Å². The first-order valence-electron chi connectivity index (χ1n) is 6.39. The molecule has 1 aromatic carbocycles. The van der Waals surface area contributed by atoms with Crippen LogP contribution in [0.4, 0.5) is 0 Å². The molecule has 0 aliphatic carbocycles. The lowest BCUT2D eigenvalue weighted by Gasteiger charge is -2.19. The van der Waals surface area contributed by atoms with Gasteiger partial charge >= 0.3 is 0 Å². The van der Waals surface area contributed by atoms with E-state index in [1.54, 1.807) is 12.3 Å². The van der Waals surface area contributed by atoms with Gasteiger partial charge in [-0.3, -0.25) is 4.68 Å². The van der Waals surface area contributed by atoms with Crippen LogP contribution in [0.1, 0.15) is 24.2 Å². The van der Waals surface area contributed by atoms with E-state index in [1.807, 2.05) is 30.8 Å². The minimum Gasteiger partial charge on any atom is -0.311 e. The van der Waals surface area contributed by atoms with E-state index < -0.39 is 0 Å². The Morgan fingerprint density at radius 2 is 2.00 bits per heavy atom. The van der Waals surface area contributed by atoms with E-state index in [-0.39, 0.29) is 6.04 Å². The average Bonchev–Trinajstić information content (AvgIpc) is 2.79. The zero-order chi connectivity index (χ0) is 14.7. The molecule has 0 aliphatic heterocycles. The third-order valence-corrected chi connectivity index (χ3v) is 4.13. The highest BCUT2D eigenvalue weighted by atomic mass is 35.5. The van der Waals surface area contributed by atoms with E-state index in [0.717, 1.165) is 24.2 Å². The monoisotopic (exact) mass is 331 g/mol. The fourth-order valence-corrected chi connectivity index (χ4v) is 2.97. The summed E-state index contributed by atoms with van der Waals surface area (Å²) in [7, 11) is 1.90. The predicted octanol–water partition coefficient (Wildman–Crippen LogP) is 4.37. The summed E-state index contributed by atoms with van der Waals surface area (Å²) in [5, 5.41) is 9.51. The van der Waals surface area contributed by atoms with E-state index in [9.17, 15) is 0 Å². The highest BCUT2D eigenvalue weighted by Crippen LogP contribution is 2.29. The number of hydrogen-bond acceptors (Lipinski definition) is 2. The van der Waals surface area contributed by atoms with Crippen molar-refractivity contribution in [2.45, 2.75) is 25.9 Å². The number of nitrogens with one attached hydrogen (secondary N) is 1. The first-order chi connectivity index (χ1) is 9.56. The second-order valence-electron chi connectivity index (χ2n) is 4.47. The molecule has 0 saturated carbocycles. The molecule has 6 heteroatoms. The zero-order valence-corrected chi connectivity index (χ0v) is 13.6. The first-order valence-corrected chi connectivity index (χ1v) is 7.52. The van der Waals surface area contributed by atoms with Crippen molar-refractivity contribution in [3.8, 4) is 0 Å². The molecule has 0 amide bonds. The highest BCUT2D eigenvalue weighted by Gasteiger charge is 2.20. The second-order valence-corrected chi connectivity index (χ2v) is 5.73. The SMILES string of the molecule is CCn1ncc(Cl)c1C(Cc1ccc(Cl)cc1Cl)NC.